The van der Waals surface area contributed by atoms with Crippen LogP contribution in [0.1, 0.15) is 18.4 Å². The number of halogens is 1. The maximum atomic E-state index is 6.01. The van der Waals surface area contributed by atoms with Gasteiger partial charge in [0.25, 0.3) is 0 Å². The van der Waals surface area contributed by atoms with E-state index in [2.05, 4.69) is 20.9 Å². The zero-order chi connectivity index (χ0) is 8.60. The highest BCUT2D eigenvalue weighted by atomic mass is 79.9. The predicted molar refractivity (Wildman–Crippen MR) is 51.8 cm³/mol. The lowest BCUT2D eigenvalue weighted by molar-refractivity contribution is 0.669. The molecule has 12 heavy (non-hydrogen) atoms. The number of hydrogen-bond acceptors (Lipinski definition) is 2. The average Bonchev–Trinajstić information content (AvgIpc) is 2.74. The summed E-state index contributed by atoms with van der Waals surface area (Å²) in [5.41, 5.74) is 7.36. The number of nitrogens with zero attached hydrogens (tertiary/aromatic N) is 1. The highest BCUT2D eigenvalue weighted by Crippen LogP contribution is 2.36. The van der Waals surface area contributed by atoms with Crippen LogP contribution in [-0.2, 0) is 6.42 Å². The molecule has 64 valence electrons. The predicted octanol–water partition coefficient (Wildman–Crippen LogP) is 1.88. The summed E-state index contributed by atoms with van der Waals surface area (Å²) in [5.74, 6) is 0. The lowest BCUT2D eigenvalue weighted by atomic mass is 10.1. The first-order valence-electron chi connectivity index (χ1n) is 4.07. The molecule has 0 saturated heterocycles. The van der Waals surface area contributed by atoms with Crippen molar-refractivity contribution in [3.63, 3.8) is 0 Å². The number of pyridine rings is 1. The molecule has 0 bridgehead atoms. The molecule has 1 aliphatic rings. The van der Waals surface area contributed by atoms with Crippen molar-refractivity contribution in [2.75, 3.05) is 0 Å². The van der Waals surface area contributed by atoms with Gasteiger partial charge < -0.3 is 5.73 Å². The van der Waals surface area contributed by atoms with Gasteiger partial charge >= 0.3 is 0 Å². The second-order valence-electron chi connectivity index (χ2n) is 3.51. The van der Waals surface area contributed by atoms with Gasteiger partial charge in [-0.3, -0.25) is 4.98 Å². The van der Waals surface area contributed by atoms with Crippen LogP contribution < -0.4 is 5.73 Å². The van der Waals surface area contributed by atoms with E-state index < -0.39 is 0 Å². The number of aromatic nitrogens is 1. The highest BCUT2D eigenvalue weighted by molar-refractivity contribution is 9.10. The normalized spacial score (nSPS) is 19.2. The molecule has 0 atom stereocenters. The lowest BCUT2D eigenvalue weighted by Gasteiger charge is -2.09. The van der Waals surface area contributed by atoms with Crippen LogP contribution in [0.5, 0.6) is 0 Å². The van der Waals surface area contributed by atoms with Crippen molar-refractivity contribution in [3.8, 4) is 0 Å². The van der Waals surface area contributed by atoms with Crippen molar-refractivity contribution in [3.05, 3.63) is 28.5 Å². The Balaban J connectivity index is 2.17. The third-order valence-corrected chi connectivity index (χ3v) is 3.01. The minimum absolute atomic E-state index is 0.0872. The molecule has 1 heterocycles. The number of nitrogens with two attached hydrogens (primary N) is 1. The van der Waals surface area contributed by atoms with Crippen LogP contribution in [0.2, 0.25) is 0 Å². The largest absolute Gasteiger partial charge is 0.325 e. The van der Waals surface area contributed by atoms with Crippen LogP contribution in [-0.4, -0.2) is 10.5 Å². The summed E-state index contributed by atoms with van der Waals surface area (Å²) in [7, 11) is 0. The molecule has 1 fully saturated rings. The smallest absolute Gasteiger partial charge is 0.0412 e. The summed E-state index contributed by atoms with van der Waals surface area (Å²) in [4.78, 5) is 4.01. The van der Waals surface area contributed by atoms with Gasteiger partial charge in [-0.05, 0) is 46.8 Å². The van der Waals surface area contributed by atoms with Crippen LogP contribution in [0.3, 0.4) is 0 Å². The van der Waals surface area contributed by atoms with Crippen molar-refractivity contribution in [1.29, 1.82) is 0 Å². The fourth-order valence-corrected chi connectivity index (χ4v) is 1.65. The molecule has 0 spiro atoms. The van der Waals surface area contributed by atoms with Gasteiger partial charge in [0.2, 0.25) is 0 Å². The van der Waals surface area contributed by atoms with Crippen molar-refractivity contribution < 1.29 is 0 Å². The van der Waals surface area contributed by atoms with E-state index in [1.165, 1.54) is 5.56 Å². The van der Waals surface area contributed by atoms with Gasteiger partial charge in [-0.1, -0.05) is 0 Å². The summed E-state index contributed by atoms with van der Waals surface area (Å²) in [6, 6.07) is 2.02. The standard InChI is InChI=1S/C9H11BrN2/c10-8-6-12-4-1-7(8)5-9(11)2-3-9/h1,4,6H,2-3,5,11H2. The van der Waals surface area contributed by atoms with Gasteiger partial charge in [-0.2, -0.15) is 0 Å². The molecule has 1 aromatic heterocycles. The Bertz CT molecular complexity index is 294. The Morgan fingerprint density at radius 3 is 2.92 bits per heavy atom. The first kappa shape index (κ1) is 8.20. The minimum Gasteiger partial charge on any atom is -0.325 e. The van der Waals surface area contributed by atoms with Gasteiger partial charge in [0.1, 0.15) is 0 Å². The Morgan fingerprint density at radius 1 is 1.58 bits per heavy atom. The summed E-state index contributed by atoms with van der Waals surface area (Å²) >= 11 is 3.46. The van der Waals surface area contributed by atoms with Crippen LogP contribution in [0.15, 0.2) is 22.9 Å². The van der Waals surface area contributed by atoms with E-state index in [0.717, 1.165) is 23.7 Å². The van der Waals surface area contributed by atoms with E-state index >= 15 is 0 Å². The van der Waals surface area contributed by atoms with Gasteiger partial charge in [0, 0.05) is 22.4 Å². The third kappa shape index (κ3) is 1.67. The molecule has 2 N–H and O–H groups in total. The number of rotatable bonds is 2. The molecule has 0 radical (unpaired) electrons. The molecular formula is C9H11BrN2. The van der Waals surface area contributed by atoms with Crippen molar-refractivity contribution in [2.45, 2.75) is 24.8 Å². The molecule has 0 unspecified atom stereocenters. The molecule has 1 saturated carbocycles. The van der Waals surface area contributed by atoms with E-state index in [1.807, 2.05) is 18.5 Å². The molecule has 0 aliphatic heterocycles. The van der Waals surface area contributed by atoms with Crippen molar-refractivity contribution in [1.82, 2.24) is 4.98 Å². The maximum Gasteiger partial charge on any atom is 0.0412 e. The maximum absolute atomic E-state index is 6.01. The average molecular weight is 227 g/mol. The summed E-state index contributed by atoms with van der Waals surface area (Å²) in [5, 5.41) is 0. The Kier molecular flexibility index (Phi) is 1.93. The van der Waals surface area contributed by atoms with E-state index in [9.17, 15) is 0 Å². The van der Waals surface area contributed by atoms with Crippen LogP contribution in [0, 0.1) is 0 Å². The summed E-state index contributed by atoms with van der Waals surface area (Å²) in [6.07, 6.45) is 6.91. The van der Waals surface area contributed by atoms with Gasteiger partial charge in [0.05, 0.1) is 0 Å². The first-order valence-corrected chi connectivity index (χ1v) is 4.86. The van der Waals surface area contributed by atoms with Crippen LogP contribution in [0.25, 0.3) is 0 Å². The third-order valence-electron chi connectivity index (χ3n) is 2.29. The van der Waals surface area contributed by atoms with Gasteiger partial charge in [0.15, 0.2) is 0 Å². The first-order chi connectivity index (χ1) is 5.70. The van der Waals surface area contributed by atoms with E-state index in [4.69, 9.17) is 5.73 Å². The quantitative estimate of drug-likeness (QED) is 0.837. The molecule has 1 aliphatic carbocycles. The molecule has 3 heteroatoms. The summed E-state index contributed by atoms with van der Waals surface area (Å²) in [6.45, 7) is 0. The van der Waals surface area contributed by atoms with E-state index in [-0.39, 0.29) is 5.54 Å². The zero-order valence-electron chi connectivity index (χ0n) is 6.76. The molecular weight excluding hydrogens is 216 g/mol. The zero-order valence-corrected chi connectivity index (χ0v) is 8.34. The molecule has 2 nitrogen and oxygen atoms in total. The minimum atomic E-state index is 0.0872. The molecule has 0 aromatic carbocycles. The topological polar surface area (TPSA) is 38.9 Å². The second-order valence-corrected chi connectivity index (χ2v) is 4.36. The van der Waals surface area contributed by atoms with Gasteiger partial charge in [-0.15, -0.1) is 0 Å². The van der Waals surface area contributed by atoms with Crippen molar-refractivity contribution in [2.24, 2.45) is 5.73 Å². The fourth-order valence-electron chi connectivity index (χ4n) is 1.26. The SMILES string of the molecule is NC1(Cc2ccncc2Br)CC1. The summed E-state index contributed by atoms with van der Waals surface area (Å²) < 4.78 is 1.07. The molecule has 0 amide bonds. The fraction of sp³-hybridized carbons (Fsp3) is 0.444. The van der Waals surface area contributed by atoms with Gasteiger partial charge in [-0.25, -0.2) is 0 Å². The van der Waals surface area contributed by atoms with E-state index in [0.29, 0.717) is 0 Å². The van der Waals surface area contributed by atoms with Crippen molar-refractivity contribution >= 4 is 15.9 Å². The van der Waals surface area contributed by atoms with Crippen LogP contribution >= 0.6 is 15.9 Å². The highest BCUT2D eigenvalue weighted by Gasteiger charge is 2.38. The Morgan fingerprint density at radius 2 is 2.33 bits per heavy atom. The number of hydrogen-bond donors (Lipinski definition) is 1. The second kappa shape index (κ2) is 2.82. The van der Waals surface area contributed by atoms with E-state index in [1.54, 1.807) is 0 Å². The molecule has 1 aromatic rings. The monoisotopic (exact) mass is 226 g/mol. The van der Waals surface area contributed by atoms with Crippen LogP contribution in [0.4, 0.5) is 0 Å². The Labute approximate surface area is 80.3 Å². The Hall–Kier alpha value is -0.410. The lowest BCUT2D eigenvalue weighted by Crippen LogP contribution is -2.24. The molecule has 2 rings (SSSR count).